The Bertz CT molecular complexity index is 628. The Kier molecular flexibility index (Phi) is 3.00. The highest BCUT2D eigenvalue weighted by Gasteiger charge is 2.11. The Labute approximate surface area is 113 Å². The highest BCUT2D eigenvalue weighted by atomic mass is 79.9. The first-order valence-electron chi connectivity index (χ1n) is 5.51. The molecule has 0 radical (unpaired) electrons. The highest BCUT2D eigenvalue weighted by Crippen LogP contribution is 2.34. The predicted molar refractivity (Wildman–Crippen MR) is 79.0 cm³/mol. The molecule has 1 aromatic heterocycles. The molecule has 0 bridgehead atoms. The summed E-state index contributed by atoms with van der Waals surface area (Å²) in [6.07, 6.45) is 0. The van der Waals surface area contributed by atoms with E-state index in [0.29, 0.717) is 4.83 Å². The normalized spacial score (nSPS) is 12.8. The average Bonchev–Trinajstić information content (AvgIpc) is 2.91. The quantitative estimate of drug-likeness (QED) is 0.557. The van der Waals surface area contributed by atoms with Gasteiger partial charge in [-0.15, -0.1) is 11.3 Å². The van der Waals surface area contributed by atoms with Crippen LogP contribution < -0.4 is 0 Å². The fraction of sp³-hybridized carbons (Fsp3) is 0.0667. The third-order valence-electron chi connectivity index (χ3n) is 2.86. The Morgan fingerprint density at radius 3 is 2.47 bits per heavy atom. The highest BCUT2D eigenvalue weighted by molar-refractivity contribution is 9.09. The first-order valence-corrected chi connectivity index (χ1v) is 7.30. The lowest BCUT2D eigenvalue weighted by molar-refractivity contribution is 1.23. The molecule has 2 aromatic carbocycles. The molecule has 2 heteroatoms. The van der Waals surface area contributed by atoms with Gasteiger partial charge in [0.1, 0.15) is 0 Å². The van der Waals surface area contributed by atoms with Crippen molar-refractivity contribution in [2.45, 2.75) is 4.83 Å². The summed E-state index contributed by atoms with van der Waals surface area (Å²) < 4.78 is 0. The van der Waals surface area contributed by atoms with E-state index in [1.807, 2.05) is 0 Å². The molecule has 1 heterocycles. The molecule has 1 unspecified atom stereocenters. The van der Waals surface area contributed by atoms with Crippen molar-refractivity contribution in [3.8, 4) is 0 Å². The van der Waals surface area contributed by atoms with Crippen LogP contribution in [-0.4, -0.2) is 0 Å². The van der Waals surface area contributed by atoms with Gasteiger partial charge in [0.05, 0.1) is 4.83 Å². The van der Waals surface area contributed by atoms with E-state index < -0.39 is 0 Å². The third kappa shape index (κ3) is 2.15. The second-order valence-electron chi connectivity index (χ2n) is 3.98. The van der Waals surface area contributed by atoms with Crippen molar-refractivity contribution in [3.05, 3.63) is 70.4 Å². The van der Waals surface area contributed by atoms with Crippen molar-refractivity contribution < 1.29 is 0 Å². The molecule has 3 rings (SSSR count). The largest absolute Gasteiger partial charge is 0.147 e. The maximum absolute atomic E-state index is 3.77. The van der Waals surface area contributed by atoms with Gasteiger partial charge in [0.25, 0.3) is 0 Å². The van der Waals surface area contributed by atoms with Crippen LogP contribution in [0, 0.1) is 0 Å². The molecule has 0 fully saturated rings. The molecule has 0 aliphatic heterocycles. The molecule has 0 aliphatic rings. The van der Waals surface area contributed by atoms with Gasteiger partial charge in [0.2, 0.25) is 0 Å². The fourth-order valence-corrected chi connectivity index (χ4v) is 3.45. The Morgan fingerprint density at radius 2 is 1.71 bits per heavy atom. The van der Waals surface area contributed by atoms with E-state index in [1.54, 1.807) is 11.3 Å². The molecular formula is C15H11BrS. The van der Waals surface area contributed by atoms with E-state index in [4.69, 9.17) is 0 Å². The third-order valence-corrected chi connectivity index (χ3v) is 5.12. The summed E-state index contributed by atoms with van der Waals surface area (Å²) >= 11 is 5.55. The summed E-state index contributed by atoms with van der Waals surface area (Å²) in [5, 5.41) is 4.71. The first kappa shape index (κ1) is 11.0. The van der Waals surface area contributed by atoms with E-state index in [9.17, 15) is 0 Å². The molecule has 0 spiro atoms. The van der Waals surface area contributed by atoms with Gasteiger partial charge in [-0.2, -0.15) is 0 Å². The summed E-state index contributed by atoms with van der Waals surface area (Å²) in [4.78, 5) is 1.65. The molecule has 0 amide bonds. The molecule has 0 N–H and O–H groups in total. The van der Waals surface area contributed by atoms with E-state index in [0.717, 1.165) is 0 Å². The lowest BCUT2D eigenvalue weighted by Crippen LogP contribution is -1.89. The number of thiophene rings is 1. The predicted octanol–water partition coefficient (Wildman–Crippen LogP) is 5.39. The second kappa shape index (κ2) is 4.63. The van der Waals surface area contributed by atoms with Crippen LogP contribution in [0.1, 0.15) is 15.3 Å². The molecule has 1 atom stereocenters. The minimum Gasteiger partial charge on any atom is -0.147 e. The van der Waals surface area contributed by atoms with E-state index in [-0.39, 0.29) is 0 Å². The summed E-state index contributed by atoms with van der Waals surface area (Å²) in [7, 11) is 0. The zero-order valence-electron chi connectivity index (χ0n) is 9.14. The van der Waals surface area contributed by atoms with Gasteiger partial charge in [-0.05, 0) is 33.8 Å². The van der Waals surface area contributed by atoms with Crippen LogP contribution in [0.15, 0.2) is 60.0 Å². The summed E-state index contributed by atoms with van der Waals surface area (Å²) in [5.74, 6) is 0. The molecule has 0 saturated heterocycles. The monoisotopic (exact) mass is 302 g/mol. The van der Waals surface area contributed by atoms with Gasteiger partial charge in [-0.1, -0.05) is 58.4 Å². The van der Waals surface area contributed by atoms with Crippen molar-refractivity contribution in [3.63, 3.8) is 0 Å². The lowest BCUT2D eigenvalue weighted by Gasteiger charge is -2.09. The van der Waals surface area contributed by atoms with Crippen LogP contribution in [0.3, 0.4) is 0 Å². The first-order chi connectivity index (χ1) is 8.34. The maximum Gasteiger partial charge on any atom is 0.0738 e. The smallest absolute Gasteiger partial charge is 0.0738 e. The van der Waals surface area contributed by atoms with Gasteiger partial charge in [-0.3, -0.25) is 0 Å². The number of hydrogen-bond donors (Lipinski definition) is 0. The van der Waals surface area contributed by atoms with Gasteiger partial charge in [0, 0.05) is 4.88 Å². The van der Waals surface area contributed by atoms with E-state index in [2.05, 4.69) is 75.9 Å². The van der Waals surface area contributed by atoms with Crippen LogP contribution in [0.4, 0.5) is 0 Å². The van der Waals surface area contributed by atoms with Gasteiger partial charge in [0.15, 0.2) is 0 Å². The Morgan fingerprint density at radius 1 is 0.882 bits per heavy atom. The molecule has 3 aromatic rings. The number of halogens is 1. The lowest BCUT2D eigenvalue weighted by atomic mass is 10.0. The number of benzene rings is 2. The summed E-state index contributed by atoms with van der Waals surface area (Å²) in [6, 6.07) is 19.4. The van der Waals surface area contributed by atoms with Gasteiger partial charge in [-0.25, -0.2) is 0 Å². The van der Waals surface area contributed by atoms with Crippen LogP contribution in [0.25, 0.3) is 10.8 Å². The van der Waals surface area contributed by atoms with Crippen LogP contribution >= 0.6 is 27.3 Å². The van der Waals surface area contributed by atoms with Crippen molar-refractivity contribution in [1.82, 2.24) is 0 Å². The summed E-state index contributed by atoms with van der Waals surface area (Å²) in [5.41, 5.74) is 1.31. The van der Waals surface area contributed by atoms with Gasteiger partial charge >= 0.3 is 0 Å². The van der Waals surface area contributed by atoms with Crippen LogP contribution in [0.5, 0.6) is 0 Å². The molecule has 0 saturated carbocycles. The average molecular weight is 303 g/mol. The van der Waals surface area contributed by atoms with Gasteiger partial charge < -0.3 is 0 Å². The van der Waals surface area contributed by atoms with Crippen LogP contribution in [-0.2, 0) is 0 Å². The topological polar surface area (TPSA) is 0 Å². The van der Waals surface area contributed by atoms with Crippen molar-refractivity contribution in [2.24, 2.45) is 0 Å². The fourth-order valence-electron chi connectivity index (χ4n) is 1.97. The van der Waals surface area contributed by atoms with Crippen molar-refractivity contribution >= 4 is 38.0 Å². The second-order valence-corrected chi connectivity index (χ2v) is 5.88. The molecule has 84 valence electrons. The molecule has 17 heavy (non-hydrogen) atoms. The van der Waals surface area contributed by atoms with E-state index >= 15 is 0 Å². The van der Waals surface area contributed by atoms with Crippen molar-refractivity contribution in [2.75, 3.05) is 0 Å². The van der Waals surface area contributed by atoms with E-state index in [1.165, 1.54) is 21.2 Å². The molecule has 0 aliphatic carbocycles. The SMILES string of the molecule is BrC(c1ccc2ccccc2c1)c1cccs1. The van der Waals surface area contributed by atoms with Crippen LogP contribution in [0.2, 0.25) is 0 Å². The maximum atomic E-state index is 3.77. The molecule has 0 nitrogen and oxygen atoms in total. The van der Waals surface area contributed by atoms with Crippen molar-refractivity contribution in [1.29, 1.82) is 0 Å². The number of rotatable bonds is 2. The molecular weight excluding hydrogens is 292 g/mol. The number of alkyl halides is 1. The number of hydrogen-bond acceptors (Lipinski definition) is 1. The summed E-state index contributed by atoms with van der Waals surface area (Å²) in [6.45, 7) is 0. The Hall–Kier alpha value is -1.12. The Balaban J connectivity index is 2.06. The minimum atomic E-state index is 0.298. The zero-order chi connectivity index (χ0) is 11.7. The number of fused-ring (bicyclic) bond motifs is 1. The zero-order valence-corrected chi connectivity index (χ0v) is 11.5. The minimum absolute atomic E-state index is 0.298. The standard InChI is InChI=1S/C15H11BrS/c16-15(14-6-3-9-17-14)13-8-7-11-4-1-2-5-12(11)10-13/h1-10,15H.